The quantitative estimate of drug-likeness (QED) is 0.00917. The second-order valence-electron chi connectivity index (χ2n) is 31.4. The molecule has 5 aromatic rings. The molecular formula is C81H97Cl2N10O22P. The molecule has 622 valence electrons. The number of hydrogen-bond donors (Lipinski definition) is 7. The van der Waals surface area contributed by atoms with Gasteiger partial charge in [0, 0.05) is 118 Å². The van der Waals surface area contributed by atoms with Crippen molar-refractivity contribution in [2.24, 2.45) is 63.4 Å². The Balaban J connectivity index is 0.508. The summed E-state index contributed by atoms with van der Waals surface area (Å²) in [6, 6.07) is 21.7. The molecule has 12 unspecified atom stereocenters. The third-order valence-electron chi connectivity index (χ3n) is 24.8. The Labute approximate surface area is 679 Å². The molecule has 11 amide bonds. The minimum absolute atomic E-state index is 0.00158. The van der Waals surface area contributed by atoms with E-state index in [1.54, 1.807) is 74.3 Å². The predicted molar refractivity (Wildman–Crippen MR) is 423 cm³/mol. The minimum atomic E-state index is -4.98. The third-order valence-corrected chi connectivity index (χ3v) is 25.9. The van der Waals surface area contributed by atoms with Gasteiger partial charge in [0.05, 0.1) is 108 Å². The van der Waals surface area contributed by atoms with Gasteiger partial charge in [0.2, 0.25) is 29.5 Å². The van der Waals surface area contributed by atoms with Crippen LogP contribution in [0.4, 0.5) is 31.4 Å². The summed E-state index contributed by atoms with van der Waals surface area (Å²) in [6.07, 6.45) is 2.12. The number of fused-ring (bicyclic) bond motifs is 6. The van der Waals surface area contributed by atoms with E-state index in [0.717, 1.165) is 27.8 Å². The molecule has 8 N–H and O–H groups in total. The van der Waals surface area contributed by atoms with E-state index in [1.807, 2.05) is 41.3 Å². The van der Waals surface area contributed by atoms with Gasteiger partial charge in [-0.2, -0.15) is 0 Å². The van der Waals surface area contributed by atoms with E-state index < -0.39 is 66.7 Å². The number of rotatable bonds is 43. The van der Waals surface area contributed by atoms with Gasteiger partial charge < -0.3 is 89.0 Å². The molecule has 10 aliphatic rings. The van der Waals surface area contributed by atoms with Gasteiger partial charge in [0.25, 0.3) is 11.8 Å². The lowest BCUT2D eigenvalue weighted by molar-refractivity contribution is -0.161. The van der Waals surface area contributed by atoms with Crippen molar-refractivity contribution >= 4 is 129 Å². The maximum absolute atomic E-state index is 15.8. The number of amides is 11. The van der Waals surface area contributed by atoms with Crippen LogP contribution in [0.2, 0.25) is 0 Å². The van der Waals surface area contributed by atoms with Gasteiger partial charge in [-0.1, -0.05) is 74.5 Å². The molecule has 3 aliphatic heterocycles. The molecule has 1 spiro atoms. The van der Waals surface area contributed by atoms with E-state index in [-0.39, 0.29) is 184 Å². The maximum atomic E-state index is 15.8. The number of hydrogen-bond acceptors (Lipinski definition) is 20. The molecule has 32 nitrogen and oxygen atoms in total. The summed E-state index contributed by atoms with van der Waals surface area (Å²) in [6.45, 7) is 7.85. The Morgan fingerprint density at radius 2 is 1.16 bits per heavy atom. The van der Waals surface area contributed by atoms with Crippen molar-refractivity contribution in [1.82, 2.24) is 30.7 Å². The zero-order chi connectivity index (χ0) is 82.1. The molecule has 7 saturated carbocycles. The van der Waals surface area contributed by atoms with E-state index in [1.165, 1.54) is 29.0 Å². The van der Waals surface area contributed by atoms with Crippen molar-refractivity contribution in [1.29, 1.82) is 0 Å². The molecule has 0 aromatic heterocycles. The van der Waals surface area contributed by atoms with Crippen molar-refractivity contribution in [2.75, 3.05) is 160 Å². The summed E-state index contributed by atoms with van der Waals surface area (Å²) in [4.78, 5) is 161. The number of nitrogens with one attached hydrogen (secondary N) is 4. The number of nitrogens with zero attached hydrogens (tertiary/aromatic N) is 5. The van der Waals surface area contributed by atoms with Crippen LogP contribution in [-0.4, -0.2) is 241 Å². The van der Waals surface area contributed by atoms with Gasteiger partial charge in [-0.15, -0.1) is 23.2 Å². The molecule has 13 atom stereocenters. The average molecular weight is 1660 g/mol. The van der Waals surface area contributed by atoms with Crippen molar-refractivity contribution in [3.63, 3.8) is 0 Å². The van der Waals surface area contributed by atoms with Crippen LogP contribution in [0.1, 0.15) is 68.1 Å². The molecule has 7 aliphatic carbocycles. The van der Waals surface area contributed by atoms with Crippen molar-refractivity contribution in [2.45, 2.75) is 70.1 Å². The van der Waals surface area contributed by atoms with Gasteiger partial charge in [0.1, 0.15) is 30.2 Å². The number of imide groups is 1. The van der Waals surface area contributed by atoms with Gasteiger partial charge in [0.15, 0.2) is 0 Å². The Hall–Kier alpha value is -9.05. The number of likely N-dealkylation sites (N-methyl/N-ethyl adjacent to an activating group) is 2. The Bertz CT molecular complexity index is 4710. The van der Waals surface area contributed by atoms with Crippen LogP contribution >= 0.6 is 31.0 Å². The Kier molecular flexibility index (Phi) is 25.1. The summed E-state index contributed by atoms with van der Waals surface area (Å²) in [5.41, 5.74) is 7.66. The van der Waals surface area contributed by atoms with E-state index in [4.69, 9.17) is 71.4 Å². The zero-order valence-electron chi connectivity index (χ0n) is 64.8. The number of benzene rings is 5. The summed E-state index contributed by atoms with van der Waals surface area (Å²) >= 11 is 13.5. The Morgan fingerprint density at radius 3 is 1.71 bits per heavy atom. The highest BCUT2D eigenvalue weighted by Gasteiger charge is 3.16. The number of phosphoric ester groups is 1. The van der Waals surface area contributed by atoms with Gasteiger partial charge in [-0.25, -0.2) is 18.9 Å². The first kappa shape index (κ1) is 83.4. The maximum Gasteiger partial charge on any atom is 0.524 e. The number of halogens is 2. The largest absolute Gasteiger partial charge is 0.524 e. The standard InChI is InChI=1S/C81H97Cl2N10O22P/c1-46(2)70(88-61(94)21-26-107-28-30-109-32-34-111-36-37-112-35-33-110-31-29-108-27-25-91-62(95)19-20-63(91)96)73(98)87-56(14-9-22-85-76(84)101)72(97)86-50-17-15-47(16-18-50)45-113-77(102)89(3)23-24-90(4)78(103)114-59-38-57-64(53-12-7-5-10-51(53)59)48(41-82)43-92(57)74(99)80-55-40-79-66-67(80)68(80)69(66)81(79,71(55)79)75(100)93-44-49(42-83)65-54-13-8-6-11-52(54)60(39-58(65)93)115-116(104,105)106/h5-8,10-13,15-20,38-39,46,48-49,55-56,66-71H,9,14,21-37,40-45H2,1-4H3,(H,86,97)(H,87,98)(H,88,94)(H3,84,85,101)(H2,104,105,106)/t48?,49?,55?,56-,66?,67?,68?,69?,70?,71?,79?,80?,81?/m0/s1. The molecule has 0 radical (unpaired) electrons. The van der Waals surface area contributed by atoms with Crippen LogP contribution in [0.3, 0.4) is 0 Å². The van der Waals surface area contributed by atoms with Gasteiger partial charge in [-0.05, 0) is 106 Å². The highest BCUT2D eigenvalue weighted by Crippen LogP contribution is 3.15. The fourth-order valence-corrected chi connectivity index (χ4v) is 20.8. The van der Waals surface area contributed by atoms with Crippen molar-refractivity contribution in [3.8, 4) is 11.5 Å². The molecule has 5 aromatic carbocycles. The van der Waals surface area contributed by atoms with E-state index in [9.17, 15) is 52.7 Å². The number of nitrogens with two attached hydrogens (primary N) is 1. The summed E-state index contributed by atoms with van der Waals surface area (Å²) in [7, 11) is -1.91. The normalized spacial score (nSPS) is 24.6. The predicted octanol–water partition coefficient (Wildman–Crippen LogP) is 6.76. The highest BCUT2D eigenvalue weighted by molar-refractivity contribution is 7.46. The van der Waals surface area contributed by atoms with Crippen LogP contribution in [0.5, 0.6) is 11.5 Å². The molecule has 35 heteroatoms. The highest BCUT2D eigenvalue weighted by atomic mass is 35.5. The van der Waals surface area contributed by atoms with Crippen LogP contribution < -0.4 is 46.1 Å². The number of urea groups is 1. The number of primary amides is 1. The van der Waals surface area contributed by atoms with Crippen molar-refractivity contribution < 1.29 is 105 Å². The first-order valence-electron chi connectivity index (χ1n) is 39.3. The van der Waals surface area contributed by atoms with Crippen molar-refractivity contribution in [3.05, 3.63) is 114 Å². The summed E-state index contributed by atoms with van der Waals surface area (Å²) in [5.74, 6) is -2.04. The number of anilines is 3. The minimum Gasteiger partial charge on any atom is -0.445 e. The van der Waals surface area contributed by atoms with Crippen LogP contribution in [0.15, 0.2) is 97.1 Å². The van der Waals surface area contributed by atoms with E-state index in [0.29, 0.717) is 105 Å². The lowest BCUT2D eigenvalue weighted by Gasteiger charge is -2.59. The SMILES string of the molecule is CC(C)C(NC(=O)CCOCCOCCOCCOCCOCCOCCN1C(=O)C=CC1=O)C(=O)N[C@@H](CCCNC(N)=O)C(=O)Nc1ccc(COC(=O)N(C)CCN(C)C(=O)Oc2cc3c(c4ccccc24)C(CCl)CN3C(=O)C23C4CC56C7C2C3C7C5(C(=O)N2CC(CCl)c3c2cc(OP(=O)(O)O)c2ccccc32)C46)cc1. The zero-order valence-corrected chi connectivity index (χ0v) is 67.2. The number of carbonyl (C=O) groups is 10. The summed E-state index contributed by atoms with van der Waals surface area (Å²) in [5, 5.41) is 13.5. The second kappa shape index (κ2) is 34.9. The lowest BCUT2D eigenvalue weighted by atomic mass is 9.44. The smallest absolute Gasteiger partial charge is 0.445 e. The fraction of sp³-hybridized carbons (Fsp3) is 0.531. The molecular weight excluding hydrogens is 1570 g/mol. The first-order chi connectivity index (χ1) is 55.8. The second-order valence-corrected chi connectivity index (χ2v) is 33.2. The number of phosphoric acid groups is 1. The van der Waals surface area contributed by atoms with Crippen LogP contribution in [0.25, 0.3) is 21.5 Å². The number of alkyl halides is 2. The topological polar surface area (TPSA) is 402 Å². The molecule has 7 fully saturated rings. The van der Waals surface area contributed by atoms with E-state index >= 15 is 9.59 Å². The van der Waals surface area contributed by atoms with E-state index in [2.05, 4.69) is 21.3 Å². The van der Waals surface area contributed by atoms with Crippen LogP contribution in [-0.2, 0) is 77.9 Å². The fourth-order valence-electron chi connectivity index (χ4n) is 19.9. The molecule has 4 bridgehead atoms. The van der Waals surface area contributed by atoms with Gasteiger partial charge in [-0.3, -0.25) is 48.2 Å². The molecule has 0 saturated heterocycles. The average Bonchev–Trinajstić information content (AvgIpc) is 1.33. The number of carbonyl (C=O) groups excluding carboxylic acids is 10. The van der Waals surface area contributed by atoms with Gasteiger partial charge >= 0.3 is 26.0 Å². The summed E-state index contributed by atoms with van der Waals surface area (Å²) < 4.78 is 62.4. The molecule has 3 heterocycles. The first-order valence-corrected chi connectivity index (χ1v) is 41.9. The third kappa shape index (κ3) is 15.7. The monoisotopic (exact) mass is 1660 g/mol. The number of ether oxygens (including phenoxy) is 8. The lowest BCUT2D eigenvalue weighted by Crippen LogP contribution is -2.61. The molecule has 116 heavy (non-hydrogen) atoms. The Morgan fingerprint density at radius 1 is 0.638 bits per heavy atom. The van der Waals surface area contributed by atoms with Crippen LogP contribution in [0, 0.1) is 57.7 Å². The molecule has 15 rings (SSSR count).